The molecule has 1 unspecified atom stereocenters. The van der Waals surface area contributed by atoms with Crippen LogP contribution in [0.2, 0.25) is 0 Å². The highest BCUT2D eigenvalue weighted by atomic mass is 16.5. The lowest BCUT2D eigenvalue weighted by Gasteiger charge is -2.30. The molecule has 1 aromatic carbocycles. The van der Waals surface area contributed by atoms with Crippen LogP contribution in [-0.4, -0.2) is 27.9 Å². The molecule has 0 spiro atoms. The van der Waals surface area contributed by atoms with Crippen LogP contribution in [0.3, 0.4) is 0 Å². The van der Waals surface area contributed by atoms with E-state index in [0.717, 1.165) is 23.5 Å². The molecular weight excluding hydrogens is 230 g/mol. The third kappa shape index (κ3) is 2.53. The van der Waals surface area contributed by atoms with E-state index in [2.05, 4.69) is 13.8 Å². The predicted molar refractivity (Wildman–Crippen MR) is 72.8 cm³/mol. The number of methoxy groups -OCH3 is 3. The van der Waals surface area contributed by atoms with Crippen LogP contribution in [-0.2, 0) is 5.41 Å². The molecule has 0 amide bonds. The highest BCUT2D eigenvalue weighted by molar-refractivity contribution is 5.54. The normalized spacial score (nSPS) is 13.9. The van der Waals surface area contributed by atoms with Crippen molar-refractivity contribution in [1.29, 1.82) is 0 Å². The van der Waals surface area contributed by atoms with Gasteiger partial charge in [0, 0.05) is 29.7 Å². The Morgan fingerprint density at radius 2 is 1.56 bits per heavy atom. The lowest BCUT2D eigenvalue weighted by Crippen LogP contribution is -2.32. The van der Waals surface area contributed by atoms with E-state index in [-0.39, 0.29) is 5.41 Å². The standard InChI is InChI=1S/C14H23NO3/c1-6-14(2,9-15)13-11(17-4)7-10(16-3)8-12(13)18-5/h7-8H,6,9,15H2,1-5H3. The Morgan fingerprint density at radius 1 is 1.06 bits per heavy atom. The van der Waals surface area contributed by atoms with Gasteiger partial charge in [0.25, 0.3) is 0 Å². The Labute approximate surface area is 109 Å². The average molecular weight is 253 g/mol. The minimum atomic E-state index is -0.178. The van der Waals surface area contributed by atoms with Crippen molar-refractivity contribution in [2.75, 3.05) is 27.9 Å². The molecule has 0 radical (unpaired) electrons. The zero-order chi connectivity index (χ0) is 13.8. The van der Waals surface area contributed by atoms with Gasteiger partial charge in [0.1, 0.15) is 17.2 Å². The molecule has 0 aliphatic rings. The summed E-state index contributed by atoms with van der Waals surface area (Å²) in [6.45, 7) is 4.75. The molecule has 1 atom stereocenters. The van der Waals surface area contributed by atoms with Crippen molar-refractivity contribution >= 4 is 0 Å². The van der Waals surface area contributed by atoms with Gasteiger partial charge in [-0.3, -0.25) is 0 Å². The summed E-state index contributed by atoms with van der Waals surface area (Å²) < 4.78 is 16.2. The van der Waals surface area contributed by atoms with Gasteiger partial charge >= 0.3 is 0 Å². The molecular formula is C14H23NO3. The summed E-state index contributed by atoms with van der Waals surface area (Å²) in [7, 11) is 4.91. The van der Waals surface area contributed by atoms with Gasteiger partial charge in [0.05, 0.1) is 21.3 Å². The minimum Gasteiger partial charge on any atom is -0.496 e. The number of hydrogen-bond acceptors (Lipinski definition) is 4. The topological polar surface area (TPSA) is 53.7 Å². The first kappa shape index (κ1) is 14.6. The Morgan fingerprint density at radius 3 is 1.83 bits per heavy atom. The quantitative estimate of drug-likeness (QED) is 0.845. The minimum absolute atomic E-state index is 0.178. The van der Waals surface area contributed by atoms with Crippen LogP contribution < -0.4 is 19.9 Å². The van der Waals surface area contributed by atoms with Crippen LogP contribution in [0, 0.1) is 0 Å². The van der Waals surface area contributed by atoms with E-state index < -0.39 is 0 Å². The molecule has 0 heterocycles. The number of hydrogen-bond donors (Lipinski definition) is 1. The van der Waals surface area contributed by atoms with Gasteiger partial charge in [-0.2, -0.15) is 0 Å². The maximum absolute atomic E-state index is 5.92. The van der Waals surface area contributed by atoms with E-state index in [1.807, 2.05) is 12.1 Å². The van der Waals surface area contributed by atoms with E-state index in [4.69, 9.17) is 19.9 Å². The fourth-order valence-electron chi connectivity index (χ4n) is 2.02. The molecule has 2 N–H and O–H groups in total. The Hall–Kier alpha value is -1.42. The largest absolute Gasteiger partial charge is 0.496 e. The molecule has 0 aliphatic heterocycles. The third-order valence-corrected chi connectivity index (χ3v) is 3.55. The highest BCUT2D eigenvalue weighted by Crippen LogP contribution is 2.43. The van der Waals surface area contributed by atoms with Gasteiger partial charge in [-0.1, -0.05) is 13.8 Å². The first-order chi connectivity index (χ1) is 8.56. The van der Waals surface area contributed by atoms with Crippen molar-refractivity contribution in [3.8, 4) is 17.2 Å². The maximum atomic E-state index is 5.92. The first-order valence-corrected chi connectivity index (χ1v) is 6.06. The second-order valence-electron chi connectivity index (χ2n) is 4.53. The number of benzene rings is 1. The van der Waals surface area contributed by atoms with Crippen molar-refractivity contribution in [2.24, 2.45) is 5.73 Å². The third-order valence-electron chi connectivity index (χ3n) is 3.55. The van der Waals surface area contributed by atoms with Crippen molar-refractivity contribution in [3.63, 3.8) is 0 Å². The molecule has 0 saturated heterocycles. The summed E-state index contributed by atoms with van der Waals surface area (Å²) in [6, 6.07) is 3.73. The summed E-state index contributed by atoms with van der Waals surface area (Å²) >= 11 is 0. The summed E-state index contributed by atoms with van der Waals surface area (Å²) in [4.78, 5) is 0. The summed E-state index contributed by atoms with van der Waals surface area (Å²) in [6.07, 6.45) is 0.905. The fraction of sp³-hybridized carbons (Fsp3) is 0.571. The van der Waals surface area contributed by atoms with Crippen molar-refractivity contribution in [3.05, 3.63) is 17.7 Å². The second-order valence-corrected chi connectivity index (χ2v) is 4.53. The van der Waals surface area contributed by atoms with Crippen molar-refractivity contribution in [2.45, 2.75) is 25.7 Å². The van der Waals surface area contributed by atoms with Gasteiger partial charge in [0.15, 0.2) is 0 Å². The monoisotopic (exact) mass is 253 g/mol. The van der Waals surface area contributed by atoms with E-state index in [0.29, 0.717) is 12.3 Å². The van der Waals surface area contributed by atoms with Crippen LogP contribution in [0.15, 0.2) is 12.1 Å². The molecule has 102 valence electrons. The number of ether oxygens (including phenoxy) is 3. The van der Waals surface area contributed by atoms with E-state index in [1.165, 1.54) is 0 Å². The Bertz CT molecular complexity index is 375. The lowest BCUT2D eigenvalue weighted by atomic mass is 9.79. The van der Waals surface area contributed by atoms with Crippen molar-refractivity contribution < 1.29 is 14.2 Å². The van der Waals surface area contributed by atoms with Crippen LogP contribution in [0.5, 0.6) is 17.2 Å². The van der Waals surface area contributed by atoms with Gasteiger partial charge in [-0.25, -0.2) is 0 Å². The first-order valence-electron chi connectivity index (χ1n) is 6.06. The average Bonchev–Trinajstić information content (AvgIpc) is 2.44. The molecule has 4 heteroatoms. The second kappa shape index (κ2) is 5.96. The van der Waals surface area contributed by atoms with Crippen molar-refractivity contribution in [1.82, 2.24) is 0 Å². The lowest BCUT2D eigenvalue weighted by molar-refractivity contribution is 0.342. The molecule has 18 heavy (non-hydrogen) atoms. The molecule has 1 rings (SSSR count). The summed E-state index contributed by atoms with van der Waals surface area (Å²) in [5.41, 5.74) is 6.75. The maximum Gasteiger partial charge on any atom is 0.130 e. The summed E-state index contributed by atoms with van der Waals surface area (Å²) in [5.74, 6) is 2.21. The van der Waals surface area contributed by atoms with Crippen LogP contribution >= 0.6 is 0 Å². The Kier molecular flexibility index (Phi) is 4.84. The van der Waals surface area contributed by atoms with Gasteiger partial charge < -0.3 is 19.9 Å². The zero-order valence-electron chi connectivity index (χ0n) is 11.9. The molecule has 4 nitrogen and oxygen atoms in total. The molecule has 0 aliphatic carbocycles. The summed E-state index contributed by atoms with van der Waals surface area (Å²) in [5, 5.41) is 0. The molecule has 0 aromatic heterocycles. The molecule has 1 aromatic rings. The SMILES string of the molecule is CCC(C)(CN)c1c(OC)cc(OC)cc1OC. The molecule has 0 bridgehead atoms. The van der Waals surface area contributed by atoms with E-state index in [9.17, 15) is 0 Å². The van der Waals surface area contributed by atoms with E-state index in [1.54, 1.807) is 21.3 Å². The number of rotatable bonds is 6. The highest BCUT2D eigenvalue weighted by Gasteiger charge is 2.31. The predicted octanol–water partition coefficient (Wildman–Crippen LogP) is 2.34. The fourth-order valence-corrected chi connectivity index (χ4v) is 2.02. The van der Waals surface area contributed by atoms with Crippen LogP contribution in [0.4, 0.5) is 0 Å². The zero-order valence-corrected chi connectivity index (χ0v) is 11.9. The van der Waals surface area contributed by atoms with E-state index >= 15 is 0 Å². The van der Waals surface area contributed by atoms with Gasteiger partial charge in [0.2, 0.25) is 0 Å². The van der Waals surface area contributed by atoms with Crippen LogP contribution in [0.1, 0.15) is 25.8 Å². The van der Waals surface area contributed by atoms with Gasteiger partial charge in [-0.05, 0) is 6.42 Å². The Balaban J connectivity index is 3.48. The molecule has 0 fully saturated rings. The van der Waals surface area contributed by atoms with Crippen LogP contribution in [0.25, 0.3) is 0 Å². The molecule has 0 saturated carbocycles. The smallest absolute Gasteiger partial charge is 0.130 e. The van der Waals surface area contributed by atoms with Gasteiger partial charge in [-0.15, -0.1) is 0 Å². The number of nitrogens with two attached hydrogens (primary N) is 1.